The molecule has 0 bridgehead atoms. The maximum absolute atomic E-state index is 5.45. The molecule has 3 aliphatic rings. The van der Waals surface area contributed by atoms with Gasteiger partial charge in [0.05, 0.1) is 13.2 Å². The van der Waals surface area contributed by atoms with Crippen LogP contribution in [0.25, 0.3) is 0 Å². The SMILES string of the molecule is CN1C[C@@]2(C)CN(c3ccc(N4CCOCC4)cc3)C[C@@]2(C)C1. The standard InChI is InChI=1S/C19H29N3O/c1-18-12-20(3)13-19(18,2)15-22(14-18)17-6-4-16(5-7-17)21-8-10-23-11-9-21/h4-7H,8-15H2,1-3H3/t18-,19+. The molecule has 3 heterocycles. The van der Waals surface area contributed by atoms with Gasteiger partial charge in [-0.1, -0.05) is 13.8 Å². The summed E-state index contributed by atoms with van der Waals surface area (Å²) in [6.45, 7) is 13.4. The van der Waals surface area contributed by atoms with Crippen LogP contribution < -0.4 is 9.80 Å². The molecule has 4 heteroatoms. The van der Waals surface area contributed by atoms with E-state index in [9.17, 15) is 0 Å². The van der Waals surface area contributed by atoms with E-state index in [1.807, 2.05) is 0 Å². The molecule has 4 nitrogen and oxygen atoms in total. The van der Waals surface area contributed by atoms with Gasteiger partial charge in [0, 0.05) is 61.5 Å². The molecule has 0 aliphatic carbocycles. The molecule has 2 atom stereocenters. The Balaban J connectivity index is 1.49. The Morgan fingerprint density at radius 3 is 1.78 bits per heavy atom. The van der Waals surface area contributed by atoms with E-state index in [1.54, 1.807) is 0 Å². The van der Waals surface area contributed by atoms with Crippen LogP contribution in [-0.2, 0) is 4.74 Å². The van der Waals surface area contributed by atoms with Crippen LogP contribution in [0.2, 0.25) is 0 Å². The zero-order chi connectivity index (χ0) is 16.1. The first-order chi connectivity index (χ1) is 11.0. The van der Waals surface area contributed by atoms with Gasteiger partial charge >= 0.3 is 0 Å². The fourth-order valence-electron chi connectivity index (χ4n) is 4.89. The van der Waals surface area contributed by atoms with Crippen molar-refractivity contribution in [1.82, 2.24) is 4.90 Å². The second-order valence-corrected chi connectivity index (χ2v) is 8.27. The molecule has 3 saturated heterocycles. The second-order valence-electron chi connectivity index (χ2n) is 8.27. The van der Waals surface area contributed by atoms with Crippen molar-refractivity contribution in [2.75, 3.05) is 69.3 Å². The summed E-state index contributed by atoms with van der Waals surface area (Å²) in [5.41, 5.74) is 3.52. The third-order valence-corrected chi connectivity index (χ3v) is 6.37. The first-order valence-electron chi connectivity index (χ1n) is 8.85. The lowest BCUT2D eigenvalue weighted by Gasteiger charge is -2.30. The molecule has 126 valence electrons. The highest BCUT2D eigenvalue weighted by molar-refractivity contribution is 5.57. The molecular weight excluding hydrogens is 286 g/mol. The molecule has 3 aliphatic heterocycles. The van der Waals surface area contributed by atoms with Gasteiger partial charge in [-0.2, -0.15) is 0 Å². The number of morpholine rings is 1. The van der Waals surface area contributed by atoms with Crippen molar-refractivity contribution in [2.45, 2.75) is 13.8 Å². The predicted octanol–water partition coefficient (Wildman–Crippen LogP) is 2.30. The normalized spacial score (nSPS) is 34.9. The van der Waals surface area contributed by atoms with Crippen LogP contribution in [-0.4, -0.2) is 64.4 Å². The Kier molecular flexibility index (Phi) is 3.58. The fourth-order valence-corrected chi connectivity index (χ4v) is 4.89. The molecule has 0 saturated carbocycles. The van der Waals surface area contributed by atoms with E-state index >= 15 is 0 Å². The van der Waals surface area contributed by atoms with Crippen molar-refractivity contribution in [3.8, 4) is 0 Å². The smallest absolute Gasteiger partial charge is 0.0642 e. The molecule has 0 amide bonds. The number of nitrogens with zero attached hydrogens (tertiary/aromatic N) is 3. The van der Waals surface area contributed by atoms with Gasteiger partial charge in [-0.05, 0) is 31.3 Å². The van der Waals surface area contributed by atoms with E-state index in [0.29, 0.717) is 10.8 Å². The maximum Gasteiger partial charge on any atom is 0.0642 e. The van der Waals surface area contributed by atoms with Crippen molar-refractivity contribution in [3.63, 3.8) is 0 Å². The maximum atomic E-state index is 5.45. The minimum absolute atomic E-state index is 0.407. The van der Waals surface area contributed by atoms with Crippen molar-refractivity contribution < 1.29 is 4.74 Å². The van der Waals surface area contributed by atoms with Crippen LogP contribution in [0.15, 0.2) is 24.3 Å². The van der Waals surface area contributed by atoms with Crippen molar-refractivity contribution >= 4 is 11.4 Å². The molecule has 23 heavy (non-hydrogen) atoms. The van der Waals surface area contributed by atoms with Gasteiger partial charge in [0.15, 0.2) is 0 Å². The summed E-state index contributed by atoms with van der Waals surface area (Å²) in [6.07, 6.45) is 0. The third-order valence-electron chi connectivity index (χ3n) is 6.37. The zero-order valence-electron chi connectivity index (χ0n) is 14.7. The van der Waals surface area contributed by atoms with Crippen LogP contribution in [0.4, 0.5) is 11.4 Å². The minimum atomic E-state index is 0.407. The molecule has 3 fully saturated rings. The van der Waals surface area contributed by atoms with Crippen LogP contribution in [0.3, 0.4) is 0 Å². The summed E-state index contributed by atoms with van der Waals surface area (Å²) in [6, 6.07) is 9.18. The van der Waals surface area contributed by atoms with E-state index in [-0.39, 0.29) is 0 Å². The van der Waals surface area contributed by atoms with Gasteiger partial charge in [0.25, 0.3) is 0 Å². The molecular formula is C19H29N3O. The van der Waals surface area contributed by atoms with Gasteiger partial charge in [-0.25, -0.2) is 0 Å². The van der Waals surface area contributed by atoms with Gasteiger partial charge in [0.2, 0.25) is 0 Å². The number of likely N-dealkylation sites (tertiary alicyclic amines) is 1. The van der Waals surface area contributed by atoms with Gasteiger partial charge in [0.1, 0.15) is 0 Å². The first kappa shape index (κ1) is 15.3. The average Bonchev–Trinajstić information content (AvgIpc) is 2.91. The number of anilines is 2. The Bertz CT molecular complexity index is 548. The van der Waals surface area contributed by atoms with Gasteiger partial charge < -0.3 is 19.4 Å². The fraction of sp³-hybridized carbons (Fsp3) is 0.684. The zero-order valence-corrected chi connectivity index (χ0v) is 14.7. The van der Waals surface area contributed by atoms with E-state index in [0.717, 1.165) is 26.3 Å². The highest BCUT2D eigenvalue weighted by Crippen LogP contribution is 2.51. The van der Waals surface area contributed by atoms with Gasteiger partial charge in [-0.3, -0.25) is 0 Å². The largest absolute Gasteiger partial charge is 0.378 e. The minimum Gasteiger partial charge on any atom is -0.378 e. The number of hydrogen-bond donors (Lipinski definition) is 0. The third kappa shape index (κ3) is 2.52. The number of benzene rings is 1. The Morgan fingerprint density at radius 2 is 1.26 bits per heavy atom. The summed E-state index contributed by atoms with van der Waals surface area (Å²) in [7, 11) is 2.26. The van der Waals surface area contributed by atoms with E-state index in [4.69, 9.17) is 4.74 Å². The summed E-state index contributed by atoms with van der Waals surface area (Å²) < 4.78 is 5.45. The average molecular weight is 315 g/mol. The summed E-state index contributed by atoms with van der Waals surface area (Å²) in [5, 5.41) is 0. The lowest BCUT2D eigenvalue weighted by atomic mass is 9.71. The quantitative estimate of drug-likeness (QED) is 0.833. The highest BCUT2D eigenvalue weighted by atomic mass is 16.5. The number of ether oxygens (including phenoxy) is 1. The molecule has 0 radical (unpaired) electrons. The van der Waals surface area contributed by atoms with Crippen LogP contribution in [0, 0.1) is 10.8 Å². The molecule has 0 aromatic heterocycles. The van der Waals surface area contributed by atoms with Crippen molar-refractivity contribution in [3.05, 3.63) is 24.3 Å². The summed E-state index contributed by atoms with van der Waals surface area (Å²) in [5.74, 6) is 0. The van der Waals surface area contributed by atoms with E-state index in [1.165, 1.54) is 37.6 Å². The molecule has 4 rings (SSSR count). The molecule has 0 unspecified atom stereocenters. The lowest BCUT2D eigenvalue weighted by Crippen LogP contribution is -2.36. The number of hydrogen-bond acceptors (Lipinski definition) is 4. The highest BCUT2D eigenvalue weighted by Gasteiger charge is 2.56. The number of fused-ring (bicyclic) bond motifs is 1. The predicted molar refractivity (Wildman–Crippen MR) is 95.4 cm³/mol. The Morgan fingerprint density at radius 1 is 0.783 bits per heavy atom. The molecule has 0 spiro atoms. The topological polar surface area (TPSA) is 19.0 Å². The summed E-state index contributed by atoms with van der Waals surface area (Å²) in [4.78, 5) is 7.51. The van der Waals surface area contributed by atoms with Crippen molar-refractivity contribution in [2.24, 2.45) is 10.8 Å². The van der Waals surface area contributed by atoms with Crippen molar-refractivity contribution in [1.29, 1.82) is 0 Å². The Labute approximate surface area is 140 Å². The lowest BCUT2D eigenvalue weighted by molar-refractivity contribution is 0.122. The second kappa shape index (κ2) is 5.38. The van der Waals surface area contributed by atoms with Crippen LogP contribution in [0.1, 0.15) is 13.8 Å². The molecule has 1 aromatic rings. The summed E-state index contributed by atoms with van der Waals surface area (Å²) >= 11 is 0. The molecule has 1 aromatic carbocycles. The molecule has 0 N–H and O–H groups in total. The van der Waals surface area contributed by atoms with Gasteiger partial charge in [-0.15, -0.1) is 0 Å². The van der Waals surface area contributed by atoms with E-state index < -0.39 is 0 Å². The first-order valence-corrected chi connectivity index (χ1v) is 8.85. The monoisotopic (exact) mass is 315 g/mol. The van der Waals surface area contributed by atoms with E-state index in [2.05, 4.69) is 59.9 Å². The number of rotatable bonds is 2. The van der Waals surface area contributed by atoms with Crippen LogP contribution >= 0.6 is 0 Å². The Hall–Kier alpha value is -1.26. The van der Waals surface area contributed by atoms with Crippen LogP contribution in [0.5, 0.6) is 0 Å².